The van der Waals surface area contributed by atoms with E-state index in [-0.39, 0.29) is 21.4 Å². The van der Waals surface area contributed by atoms with Crippen molar-refractivity contribution in [2.45, 2.75) is 32.6 Å². The molecule has 0 amide bonds. The zero-order valence-corrected chi connectivity index (χ0v) is 13.6. The lowest BCUT2D eigenvalue weighted by atomic mass is 10.0. The first-order valence-electron chi connectivity index (χ1n) is 6.83. The van der Waals surface area contributed by atoms with Crippen LogP contribution in [0.25, 0.3) is 0 Å². The first-order valence-corrected chi connectivity index (χ1v) is 8.31. The number of nitrogens with zero attached hydrogens (tertiary/aromatic N) is 1. The molecule has 1 saturated carbocycles. The van der Waals surface area contributed by atoms with Crippen LogP contribution in [0.4, 0.5) is 5.69 Å². The van der Waals surface area contributed by atoms with Crippen LogP contribution in [-0.2, 0) is 10.0 Å². The van der Waals surface area contributed by atoms with Crippen LogP contribution < -0.4 is 10.5 Å². The van der Waals surface area contributed by atoms with Gasteiger partial charge in [0.1, 0.15) is 4.90 Å². The Balaban J connectivity index is 2.16. The van der Waals surface area contributed by atoms with E-state index >= 15 is 0 Å². The molecule has 0 unspecified atom stereocenters. The molecule has 0 bridgehead atoms. The van der Waals surface area contributed by atoms with Crippen molar-refractivity contribution < 1.29 is 8.42 Å². The lowest BCUT2D eigenvalue weighted by Gasteiger charge is -2.10. The minimum atomic E-state index is -3.66. The van der Waals surface area contributed by atoms with E-state index in [1.807, 2.05) is 6.07 Å². The topological polar surface area (TPSA) is 96.0 Å². The number of anilines is 1. The first kappa shape index (κ1) is 15.8. The summed E-state index contributed by atoms with van der Waals surface area (Å²) in [6, 6.07) is 6.14. The maximum atomic E-state index is 12.3. The molecule has 3 N–H and O–H groups in total. The van der Waals surface area contributed by atoms with E-state index in [0.29, 0.717) is 18.0 Å². The van der Waals surface area contributed by atoms with Crippen LogP contribution >= 0.6 is 0 Å². The number of hydrogen-bond donors (Lipinski definition) is 2. The molecular weight excluding hydrogens is 286 g/mol. The molecule has 0 aliphatic heterocycles. The molecule has 6 heteroatoms. The van der Waals surface area contributed by atoms with Crippen molar-refractivity contribution in [3.63, 3.8) is 0 Å². The molecule has 1 aromatic rings. The number of benzene rings is 1. The van der Waals surface area contributed by atoms with Crippen LogP contribution in [0.15, 0.2) is 23.1 Å². The second kappa shape index (κ2) is 4.72. The van der Waals surface area contributed by atoms with Crippen molar-refractivity contribution in [2.75, 3.05) is 12.3 Å². The highest BCUT2D eigenvalue weighted by molar-refractivity contribution is 7.89. The summed E-state index contributed by atoms with van der Waals surface area (Å²) in [5.41, 5.74) is 6.41. The summed E-state index contributed by atoms with van der Waals surface area (Å²) in [6.45, 7) is 8.95. The molecule has 1 aliphatic rings. The Morgan fingerprint density at radius 3 is 2.29 bits per heavy atom. The van der Waals surface area contributed by atoms with E-state index in [1.54, 1.807) is 0 Å². The zero-order chi connectivity index (χ0) is 16.1. The first-order chi connectivity index (χ1) is 9.54. The minimum absolute atomic E-state index is 0.0257. The van der Waals surface area contributed by atoms with Crippen LogP contribution in [0.5, 0.6) is 0 Å². The molecular formula is C15H21N3O2S. The van der Waals surface area contributed by atoms with E-state index in [4.69, 9.17) is 11.0 Å². The van der Waals surface area contributed by atoms with Crippen LogP contribution in [0, 0.1) is 28.1 Å². The highest BCUT2D eigenvalue weighted by Gasteiger charge is 2.64. The number of nitrogens with two attached hydrogens (primary N) is 1. The van der Waals surface area contributed by atoms with Crippen LogP contribution in [0.3, 0.4) is 0 Å². The summed E-state index contributed by atoms with van der Waals surface area (Å²) >= 11 is 0. The summed E-state index contributed by atoms with van der Waals surface area (Å²) in [5.74, 6) is 0.291. The van der Waals surface area contributed by atoms with Gasteiger partial charge in [0, 0.05) is 6.54 Å². The average Bonchev–Trinajstić information content (AvgIpc) is 2.76. The van der Waals surface area contributed by atoms with E-state index in [2.05, 4.69) is 32.4 Å². The molecule has 1 fully saturated rings. The summed E-state index contributed by atoms with van der Waals surface area (Å²) in [5, 5.41) is 8.78. The van der Waals surface area contributed by atoms with Gasteiger partial charge >= 0.3 is 0 Å². The number of nitriles is 1. The third-order valence-corrected chi connectivity index (χ3v) is 6.72. The van der Waals surface area contributed by atoms with Gasteiger partial charge in [-0.05, 0) is 34.9 Å². The molecule has 0 aromatic heterocycles. The Kier molecular flexibility index (Phi) is 3.55. The summed E-state index contributed by atoms with van der Waals surface area (Å²) < 4.78 is 27.3. The monoisotopic (exact) mass is 307 g/mol. The van der Waals surface area contributed by atoms with Gasteiger partial charge < -0.3 is 5.73 Å². The second-order valence-corrected chi connectivity index (χ2v) is 8.45. The zero-order valence-electron chi connectivity index (χ0n) is 12.8. The van der Waals surface area contributed by atoms with Gasteiger partial charge in [0.25, 0.3) is 0 Å². The van der Waals surface area contributed by atoms with Crippen LogP contribution in [0.1, 0.15) is 33.3 Å². The fourth-order valence-corrected chi connectivity index (χ4v) is 4.14. The van der Waals surface area contributed by atoms with Crippen molar-refractivity contribution in [2.24, 2.45) is 16.7 Å². The Morgan fingerprint density at radius 1 is 1.29 bits per heavy atom. The summed E-state index contributed by atoms with van der Waals surface area (Å²) in [6.07, 6.45) is 0. The largest absolute Gasteiger partial charge is 0.398 e. The fraction of sp³-hybridized carbons (Fsp3) is 0.533. The summed E-state index contributed by atoms with van der Waals surface area (Å²) in [7, 11) is -3.66. The third kappa shape index (κ3) is 2.52. The molecule has 0 saturated heterocycles. The molecule has 2 rings (SSSR count). The number of rotatable bonds is 4. The molecule has 1 aromatic carbocycles. The maximum absolute atomic E-state index is 12.3. The third-order valence-electron chi connectivity index (χ3n) is 5.23. The average molecular weight is 307 g/mol. The molecule has 0 spiro atoms. The smallest absolute Gasteiger partial charge is 0.242 e. The van der Waals surface area contributed by atoms with Crippen molar-refractivity contribution in [3.8, 4) is 6.07 Å². The van der Waals surface area contributed by atoms with E-state index in [1.165, 1.54) is 18.2 Å². The number of nitrogen functional groups attached to an aromatic ring is 1. The van der Waals surface area contributed by atoms with Crippen molar-refractivity contribution in [1.29, 1.82) is 5.26 Å². The van der Waals surface area contributed by atoms with Gasteiger partial charge in [-0.3, -0.25) is 0 Å². The quantitative estimate of drug-likeness (QED) is 0.833. The van der Waals surface area contributed by atoms with Crippen LogP contribution in [-0.4, -0.2) is 15.0 Å². The van der Waals surface area contributed by atoms with Crippen molar-refractivity contribution in [3.05, 3.63) is 23.8 Å². The van der Waals surface area contributed by atoms with E-state index < -0.39 is 10.0 Å². The fourth-order valence-electron chi connectivity index (χ4n) is 2.98. The van der Waals surface area contributed by atoms with Crippen molar-refractivity contribution in [1.82, 2.24) is 4.72 Å². The van der Waals surface area contributed by atoms with Gasteiger partial charge in [-0.1, -0.05) is 27.7 Å². The molecule has 0 atom stereocenters. The highest BCUT2D eigenvalue weighted by Crippen LogP contribution is 2.67. The number of hydrogen-bond acceptors (Lipinski definition) is 4. The van der Waals surface area contributed by atoms with Crippen molar-refractivity contribution >= 4 is 15.7 Å². The van der Waals surface area contributed by atoms with E-state index in [9.17, 15) is 8.42 Å². The predicted octanol–water partition coefficient (Wildman–Crippen LogP) is 2.10. The molecule has 114 valence electrons. The molecule has 21 heavy (non-hydrogen) atoms. The Morgan fingerprint density at radius 2 is 1.86 bits per heavy atom. The normalized spacial score (nSPS) is 20.0. The SMILES string of the molecule is CC1(C)C(CNS(=O)(=O)c2ccc(C#N)cc2N)C1(C)C. The van der Waals surface area contributed by atoms with Crippen LogP contribution in [0.2, 0.25) is 0 Å². The molecule has 0 heterocycles. The van der Waals surface area contributed by atoms with E-state index in [0.717, 1.165) is 0 Å². The Labute approximate surface area is 126 Å². The molecule has 1 aliphatic carbocycles. The second-order valence-electron chi connectivity index (χ2n) is 6.71. The number of sulfonamides is 1. The maximum Gasteiger partial charge on any atom is 0.242 e. The summed E-state index contributed by atoms with van der Waals surface area (Å²) in [4.78, 5) is 0.0257. The lowest BCUT2D eigenvalue weighted by molar-refractivity contribution is 0.457. The van der Waals surface area contributed by atoms with Gasteiger partial charge in [0.2, 0.25) is 10.0 Å². The Hall–Kier alpha value is -1.58. The Bertz CT molecular complexity index is 701. The predicted molar refractivity (Wildman–Crippen MR) is 81.8 cm³/mol. The lowest BCUT2D eigenvalue weighted by Crippen LogP contribution is -2.28. The highest BCUT2D eigenvalue weighted by atomic mass is 32.2. The molecule has 0 radical (unpaired) electrons. The number of nitrogens with one attached hydrogen (secondary N) is 1. The van der Waals surface area contributed by atoms with Gasteiger partial charge in [0.15, 0.2) is 0 Å². The standard InChI is InChI=1S/C15H21N3O2S/c1-14(2)13(15(14,3)4)9-18-21(19,20)12-6-5-10(8-16)7-11(12)17/h5-7,13,18H,9,17H2,1-4H3. The van der Waals surface area contributed by atoms with Gasteiger partial charge in [-0.15, -0.1) is 0 Å². The minimum Gasteiger partial charge on any atom is -0.398 e. The molecule has 5 nitrogen and oxygen atoms in total. The van der Waals surface area contributed by atoms with Gasteiger partial charge in [0.05, 0.1) is 17.3 Å². The van der Waals surface area contributed by atoms with Gasteiger partial charge in [-0.2, -0.15) is 5.26 Å². The van der Waals surface area contributed by atoms with Gasteiger partial charge in [-0.25, -0.2) is 13.1 Å².